The average Bonchev–Trinajstić information content (AvgIpc) is 2.40. The molecule has 0 aliphatic carbocycles. The van der Waals surface area contributed by atoms with Crippen molar-refractivity contribution in [3.05, 3.63) is 0 Å². The van der Waals surface area contributed by atoms with Gasteiger partial charge in [0.2, 0.25) is 5.91 Å². The molecule has 0 fully saturated rings. The summed E-state index contributed by atoms with van der Waals surface area (Å²) in [4.78, 5) is 26.3. The molecule has 0 atom stereocenters. The van der Waals surface area contributed by atoms with Gasteiger partial charge in [-0.1, -0.05) is 25.7 Å². The number of aliphatic carboxylic acids is 1. The standard InChI is InChI=1S/C15H29N3O4/c1-15(2,22)10-8-6-4-5-7-9-12(19)17-14(16)18(3)11-13(20)21/h22H,4-11H2,1-3H3,(H,20,21)(H2,16,17,19)/i3D3. The van der Waals surface area contributed by atoms with Crippen molar-refractivity contribution in [3.8, 4) is 0 Å². The van der Waals surface area contributed by atoms with Gasteiger partial charge in [0.25, 0.3) is 0 Å². The van der Waals surface area contributed by atoms with E-state index in [1.807, 2.05) is 0 Å². The maximum atomic E-state index is 11.7. The summed E-state index contributed by atoms with van der Waals surface area (Å²) in [6.07, 6.45) is 5.02. The fourth-order valence-electron chi connectivity index (χ4n) is 1.82. The number of carboxylic acid groups (broad SMARTS) is 1. The van der Waals surface area contributed by atoms with E-state index in [0.717, 1.165) is 32.1 Å². The van der Waals surface area contributed by atoms with Gasteiger partial charge in [-0.05, 0) is 26.7 Å². The largest absolute Gasteiger partial charge is 0.480 e. The first kappa shape index (κ1) is 15.3. The summed E-state index contributed by atoms with van der Waals surface area (Å²) in [5.41, 5.74) is 4.81. The van der Waals surface area contributed by atoms with Gasteiger partial charge in [-0.25, -0.2) is 0 Å². The van der Waals surface area contributed by atoms with E-state index >= 15 is 0 Å². The van der Waals surface area contributed by atoms with Gasteiger partial charge in [-0.2, -0.15) is 4.99 Å². The van der Waals surface area contributed by atoms with Crippen molar-refractivity contribution >= 4 is 17.8 Å². The Hall–Kier alpha value is -1.63. The highest BCUT2D eigenvalue weighted by Gasteiger charge is 2.11. The Morgan fingerprint density at radius 1 is 1.23 bits per heavy atom. The molecule has 0 spiro atoms. The zero-order valence-corrected chi connectivity index (χ0v) is 13.3. The summed E-state index contributed by atoms with van der Waals surface area (Å²) >= 11 is 0. The zero-order valence-electron chi connectivity index (χ0n) is 16.3. The molecule has 0 aromatic rings. The molecule has 128 valence electrons. The lowest BCUT2D eigenvalue weighted by molar-refractivity contribution is -0.137. The summed E-state index contributed by atoms with van der Waals surface area (Å²) in [6.45, 7) is -0.116. The number of carboxylic acids is 1. The highest BCUT2D eigenvalue weighted by Crippen LogP contribution is 2.14. The quantitative estimate of drug-likeness (QED) is 0.318. The van der Waals surface area contributed by atoms with Crippen LogP contribution in [0.1, 0.15) is 62.9 Å². The van der Waals surface area contributed by atoms with Crippen LogP contribution in [0.15, 0.2) is 4.99 Å². The third-order valence-corrected chi connectivity index (χ3v) is 2.99. The van der Waals surface area contributed by atoms with E-state index in [2.05, 4.69) is 4.99 Å². The molecular weight excluding hydrogens is 286 g/mol. The maximum Gasteiger partial charge on any atom is 0.323 e. The van der Waals surface area contributed by atoms with Crippen LogP contribution in [0.4, 0.5) is 0 Å². The molecule has 7 nitrogen and oxygen atoms in total. The average molecular weight is 318 g/mol. The number of nitrogens with zero attached hydrogens (tertiary/aromatic N) is 2. The summed E-state index contributed by atoms with van der Waals surface area (Å²) in [7, 11) is 0. The van der Waals surface area contributed by atoms with Gasteiger partial charge < -0.3 is 20.8 Å². The van der Waals surface area contributed by atoms with Gasteiger partial charge in [0.05, 0.1) is 5.60 Å². The van der Waals surface area contributed by atoms with Crippen LogP contribution in [0.25, 0.3) is 0 Å². The predicted molar refractivity (Wildman–Crippen MR) is 85.5 cm³/mol. The van der Waals surface area contributed by atoms with Gasteiger partial charge in [-0.15, -0.1) is 0 Å². The minimum atomic E-state index is -2.78. The first-order valence-electron chi connectivity index (χ1n) is 8.92. The van der Waals surface area contributed by atoms with Crippen molar-refractivity contribution in [1.82, 2.24) is 4.90 Å². The monoisotopic (exact) mass is 318 g/mol. The minimum absolute atomic E-state index is 0.119. The van der Waals surface area contributed by atoms with Crippen molar-refractivity contribution in [1.29, 1.82) is 0 Å². The van der Waals surface area contributed by atoms with Crippen LogP contribution in [0.2, 0.25) is 0 Å². The highest BCUT2D eigenvalue weighted by molar-refractivity contribution is 5.93. The third kappa shape index (κ3) is 12.1. The van der Waals surface area contributed by atoms with Crippen molar-refractivity contribution in [3.63, 3.8) is 0 Å². The zero-order chi connectivity index (χ0) is 19.7. The topological polar surface area (TPSA) is 116 Å². The third-order valence-electron chi connectivity index (χ3n) is 2.99. The lowest BCUT2D eigenvalue weighted by atomic mass is 10.00. The van der Waals surface area contributed by atoms with Crippen molar-refractivity contribution in [2.45, 2.75) is 64.4 Å². The molecule has 0 rings (SSSR count). The Kier molecular flexibility index (Phi) is 7.05. The molecule has 0 radical (unpaired) electrons. The predicted octanol–water partition coefficient (Wildman–Crippen LogP) is 1.35. The Bertz CT molecular complexity index is 474. The Morgan fingerprint density at radius 3 is 2.36 bits per heavy atom. The van der Waals surface area contributed by atoms with E-state index < -0.39 is 37.0 Å². The van der Waals surface area contributed by atoms with E-state index in [0.29, 0.717) is 11.3 Å². The number of guanidine groups is 1. The van der Waals surface area contributed by atoms with Gasteiger partial charge in [-0.3, -0.25) is 9.59 Å². The van der Waals surface area contributed by atoms with Gasteiger partial charge in [0.15, 0.2) is 5.96 Å². The number of hydrogen-bond acceptors (Lipinski definition) is 3. The molecule has 22 heavy (non-hydrogen) atoms. The fourth-order valence-corrected chi connectivity index (χ4v) is 1.82. The lowest BCUT2D eigenvalue weighted by Crippen LogP contribution is -2.38. The van der Waals surface area contributed by atoms with Crippen LogP contribution in [-0.2, 0) is 9.59 Å². The number of carbonyl (C=O) groups is 2. The number of aliphatic hydroxyl groups is 1. The number of carbonyl (C=O) groups excluding carboxylic acids is 1. The Morgan fingerprint density at radius 2 is 1.82 bits per heavy atom. The maximum absolute atomic E-state index is 11.7. The molecule has 0 aromatic heterocycles. The van der Waals surface area contributed by atoms with E-state index in [4.69, 9.17) is 15.0 Å². The van der Waals surface area contributed by atoms with Crippen LogP contribution in [-0.4, -0.2) is 52.1 Å². The number of amides is 1. The molecule has 0 unspecified atom stereocenters. The molecule has 0 bridgehead atoms. The number of aliphatic imine (C=N–C) groups is 1. The molecule has 0 saturated carbocycles. The van der Waals surface area contributed by atoms with E-state index in [1.165, 1.54) is 0 Å². The van der Waals surface area contributed by atoms with Crippen LogP contribution in [0.5, 0.6) is 0 Å². The van der Waals surface area contributed by atoms with E-state index in [-0.39, 0.29) is 6.42 Å². The molecule has 0 aromatic carbocycles. The lowest BCUT2D eigenvalue weighted by Gasteiger charge is -2.16. The highest BCUT2D eigenvalue weighted by atomic mass is 16.4. The second-order valence-corrected chi connectivity index (χ2v) is 5.92. The number of rotatable bonds is 10. The number of likely N-dealkylation sites (N-methyl/N-ethyl adjacent to an activating group) is 1. The minimum Gasteiger partial charge on any atom is -0.480 e. The van der Waals surface area contributed by atoms with Gasteiger partial charge >= 0.3 is 5.97 Å². The summed E-state index contributed by atoms with van der Waals surface area (Å²) in [6, 6.07) is 0. The summed E-state index contributed by atoms with van der Waals surface area (Å²) < 4.78 is 21.7. The first-order valence-corrected chi connectivity index (χ1v) is 7.42. The van der Waals surface area contributed by atoms with Crippen LogP contribution in [0, 0.1) is 0 Å². The Balaban J connectivity index is 4.25. The van der Waals surface area contributed by atoms with Crippen molar-refractivity contribution < 1.29 is 23.9 Å². The number of hydrogen-bond donors (Lipinski definition) is 3. The number of unbranched alkanes of at least 4 members (excludes halogenated alkanes) is 4. The fraction of sp³-hybridized carbons (Fsp3) is 0.800. The molecule has 0 heterocycles. The molecule has 0 saturated heterocycles. The van der Waals surface area contributed by atoms with Gasteiger partial charge in [0, 0.05) is 17.5 Å². The van der Waals surface area contributed by atoms with E-state index in [1.54, 1.807) is 13.8 Å². The summed E-state index contributed by atoms with van der Waals surface area (Å²) in [5.74, 6) is -2.57. The van der Waals surface area contributed by atoms with Gasteiger partial charge in [0.1, 0.15) is 6.54 Å². The van der Waals surface area contributed by atoms with Crippen molar-refractivity contribution in [2.75, 3.05) is 13.5 Å². The van der Waals surface area contributed by atoms with E-state index in [9.17, 15) is 14.7 Å². The van der Waals surface area contributed by atoms with Crippen LogP contribution >= 0.6 is 0 Å². The molecular formula is C15H29N3O4. The second kappa shape index (κ2) is 10.2. The molecule has 1 amide bonds. The SMILES string of the molecule is [2H]C([2H])([2H])N(CC(=O)O)C(N)=NC(=O)CCCCCCCC(C)(C)O. The number of nitrogens with two attached hydrogens (primary N) is 1. The van der Waals surface area contributed by atoms with Crippen LogP contribution < -0.4 is 5.73 Å². The van der Waals surface area contributed by atoms with Crippen molar-refractivity contribution in [2.24, 2.45) is 10.7 Å². The molecule has 7 heteroatoms. The molecule has 0 aliphatic rings. The first-order chi connectivity index (χ1) is 11.3. The normalized spacial score (nSPS) is 14.9. The molecule has 0 aliphatic heterocycles. The van der Waals surface area contributed by atoms with Crippen LogP contribution in [0.3, 0.4) is 0 Å². The summed E-state index contributed by atoms with van der Waals surface area (Å²) in [5, 5.41) is 18.3. The molecule has 4 N–H and O–H groups in total. The smallest absolute Gasteiger partial charge is 0.323 e. The Labute approximate surface area is 136 Å². The second-order valence-electron chi connectivity index (χ2n) is 5.92.